The van der Waals surface area contributed by atoms with Crippen LogP contribution < -0.4 is 14.4 Å². The number of anilines is 1. The van der Waals surface area contributed by atoms with Gasteiger partial charge in [-0.3, -0.25) is 14.5 Å². The molecule has 0 spiro atoms. The predicted octanol–water partition coefficient (Wildman–Crippen LogP) is 6.17. The van der Waals surface area contributed by atoms with Gasteiger partial charge in [0, 0.05) is 16.5 Å². The third kappa shape index (κ3) is 4.33. The number of aliphatic hydroxyl groups excluding tert-OH is 1. The number of benzene rings is 3. The maximum Gasteiger partial charge on any atom is 0.296 e. The number of aromatic nitrogens is 2. The molecule has 41 heavy (non-hydrogen) atoms. The second kappa shape index (κ2) is 9.90. The van der Waals surface area contributed by atoms with Gasteiger partial charge in [-0.15, -0.1) is 0 Å². The van der Waals surface area contributed by atoms with Crippen LogP contribution in [0.15, 0.2) is 70.3 Å². The van der Waals surface area contributed by atoms with E-state index in [1.807, 2.05) is 19.1 Å². The Morgan fingerprint density at radius 3 is 2.68 bits per heavy atom. The highest BCUT2D eigenvalue weighted by molar-refractivity contribution is 6.31. The molecule has 6 rings (SSSR count). The number of phenols is 1. The molecule has 3 aromatic carbocycles. The van der Waals surface area contributed by atoms with E-state index in [1.54, 1.807) is 31.2 Å². The smallest absolute Gasteiger partial charge is 0.296 e. The van der Waals surface area contributed by atoms with Crippen LogP contribution in [-0.2, 0) is 4.79 Å². The average molecular weight is 574 g/mol. The van der Waals surface area contributed by atoms with E-state index in [0.717, 1.165) is 5.56 Å². The molecule has 0 radical (unpaired) electrons. The average Bonchev–Trinajstić information content (AvgIpc) is 3.63. The van der Waals surface area contributed by atoms with Crippen LogP contribution in [0, 0.1) is 6.92 Å². The maximum absolute atomic E-state index is 14.0. The van der Waals surface area contributed by atoms with Gasteiger partial charge in [0.25, 0.3) is 5.91 Å². The molecule has 10 nitrogen and oxygen atoms in total. The summed E-state index contributed by atoms with van der Waals surface area (Å²) < 4.78 is 16.8. The number of aromatic amines is 1. The number of ketones is 1. The van der Waals surface area contributed by atoms with Gasteiger partial charge in [-0.2, -0.15) is 0 Å². The molecule has 5 aromatic rings. The summed E-state index contributed by atoms with van der Waals surface area (Å²) in [7, 11) is 1.45. The molecule has 1 atom stereocenters. The monoisotopic (exact) mass is 573 g/mol. The van der Waals surface area contributed by atoms with Crippen molar-refractivity contribution in [2.75, 3.05) is 18.6 Å². The molecule has 1 unspecified atom stereocenters. The first-order chi connectivity index (χ1) is 19.7. The van der Waals surface area contributed by atoms with Crippen molar-refractivity contribution in [3.63, 3.8) is 0 Å². The van der Waals surface area contributed by atoms with Crippen molar-refractivity contribution in [3.8, 4) is 17.2 Å². The Balaban J connectivity index is 1.53. The number of H-pyrrole nitrogens is 1. The number of aryl methyl sites for hydroxylation is 1. The van der Waals surface area contributed by atoms with Gasteiger partial charge in [-0.05, 0) is 61.4 Å². The second-order valence-corrected chi connectivity index (χ2v) is 9.98. The summed E-state index contributed by atoms with van der Waals surface area (Å²) >= 11 is 6.20. The largest absolute Gasteiger partial charge is 0.504 e. The number of Topliss-reactive ketones (excluding diaryl/α,β-unsaturated/α-hetero) is 1. The number of aliphatic hydroxyl groups is 1. The number of ether oxygens (including phenoxy) is 2. The lowest BCUT2D eigenvalue weighted by Gasteiger charge is -2.25. The topological polar surface area (TPSA) is 138 Å². The normalized spacial score (nSPS) is 15.4. The number of aromatic hydroxyl groups is 1. The zero-order valence-corrected chi connectivity index (χ0v) is 22.9. The number of furan rings is 1. The fraction of sp³-hybridized carbons (Fsp3) is 0.167. The van der Waals surface area contributed by atoms with Crippen molar-refractivity contribution in [3.05, 3.63) is 87.8 Å². The number of amides is 1. The molecule has 0 saturated heterocycles. The quantitative estimate of drug-likeness (QED) is 0.197. The fourth-order valence-corrected chi connectivity index (χ4v) is 5.27. The number of imidazole rings is 1. The van der Waals surface area contributed by atoms with Crippen molar-refractivity contribution >= 4 is 51.2 Å². The highest BCUT2D eigenvalue weighted by Gasteiger charge is 2.47. The first kappa shape index (κ1) is 26.3. The van der Waals surface area contributed by atoms with Crippen LogP contribution in [0.1, 0.15) is 34.6 Å². The predicted molar refractivity (Wildman–Crippen MR) is 152 cm³/mol. The van der Waals surface area contributed by atoms with Gasteiger partial charge >= 0.3 is 0 Å². The molecule has 11 heteroatoms. The molecular formula is C30H24ClN3O7. The first-order valence-corrected chi connectivity index (χ1v) is 13.1. The highest BCUT2D eigenvalue weighted by atomic mass is 35.5. The summed E-state index contributed by atoms with van der Waals surface area (Å²) in [5.41, 5.74) is 2.69. The summed E-state index contributed by atoms with van der Waals surface area (Å²) in [5, 5.41) is 22.4. The number of halogens is 1. The standard InChI is InChI=1S/C30H24ClN3O7/c1-4-40-21-11-15(6-8-20(21)35)25-24(26(36)22-12-16-10-17(31)13-23(39-3)28(16)41-22)27(37)29(38)34(25)30-32-18-7-5-14(2)9-19(18)33-30/h5-13,25,35,37H,4H2,1-3H3,(H,32,33). The van der Waals surface area contributed by atoms with Gasteiger partial charge in [-0.25, -0.2) is 4.98 Å². The lowest BCUT2D eigenvalue weighted by molar-refractivity contribution is -0.117. The van der Waals surface area contributed by atoms with Crippen molar-refractivity contribution in [1.29, 1.82) is 0 Å². The number of phenolic OH excluding ortho intramolecular Hbond substituents is 1. The summed E-state index contributed by atoms with van der Waals surface area (Å²) in [6, 6.07) is 13.5. The molecule has 0 bridgehead atoms. The SMILES string of the molecule is CCOc1cc(C2C(C(=O)c3cc4cc(Cl)cc(OC)c4o3)=C(O)C(=O)N2c2nc3ccc(C)cc3[nH]2)ccc1O. The molecular weight excluding hydrogens is 550 g/mol. The van der Waals surface area contributed by atoms with E-state index in [9.17, 15) is 19.8 Å². The Morgan fingerprint density at radius 2 is 1.93 bits per heavy atom. The minimum Gasteiger partial charge on any atom is -0.504 e. The lowest BCUT2D eigenvalue weighted by Crippen LogP contribution is -2.32. The van der Waals surface area contributed by atoms with E-state index in [-0.39, 0.29) is 41.0 Å². The number of methoxy groups -OCH3 is 1. The zero-order chi connectivity index (χ0) is 29.0. The van der Waals surface area contributed by atoms with Gasteiger partial charge in [0.15, 0.2) is 34.4 Å². The van der Waals surface area contributed by atoms with Crippen LogP contribution in [0.3, 0.4) is 0 Å². The molecule has 3 N–H and O–H groups in total. The van der Waals surface area contributed by atoms with E-state index >= 15 is 0 Å². The van der Waals surface area contributed by atoms with Gasteiger partial charge in [-0.1, -0.05) is 23.7 Å². The molecule has 0 fully saturated rings. The summed E-state index contributed by atoms with van der Waals surface area (Å²) in [6.45, 7) is 3.95. The highest BCUT2D eigenvalue weighted by Crippen LogP contribution is 2.44. The molecule has 1 amide bonds. The van der Waals surface area contributed by atoms with Crippen LogP contribution in [0.4, 0.5) is 5.95 Å². The first-order valence-electron chi connectivity index (χ1n) is 12.7. The summed E-state index contributed by atoms with van der Waals surface area (Å²) in [5.74, 6) is -1.97. The summed E-state index contributed by atoms with van der Waals surface area (Å²) in [6.07, 6.45) is 0. The van der Waals surface area contributed by atoms with Crippen LogP contribution in [0.25, 0.3) is 22.0 Å². The van der Waals surface area contributed by atoms with E-state index in [1.165, 1.54) is 30.2 Å². The minimum absolute atomic E-state index is 0.118. The van der Waals surface area contributed by atoms with Gasteiger partial charge in [0.2, 0.25) is 11.7 Å². The minimum atomic E-state index is -1.14. The summed E-state index contributed by atoms with van der Waals surface area (Å²) in [4.78, 5) is 36.6. The Labute approximate surface area is 238 Å². The van der Waals surface area contributed by atoms with E-state index < -0.39 is 23.5 Å². The van der Waals surface area contributed by atoms with Crippen LogP contribution >= 0.6 is 11.6 Å². The number of hydrogen-bond acceptors (Lipinski definition) is 8. The van der Waals surface area contributed by atoms with Gasteiger partial charge in [0.1, 0.15) is 0 Å². The van der Waals surface area contributed by atoms with Crippen molar-refractivity contribution in [2.45, 2.75) is 19.9 Å². The van der Waals surface area contributed by atoms with Crippen LogP contribution in [-0.4, -0.2) is 45.6 Å². The molecule has 0 saturated carbocycles. The maximum atomic E-state index is 14.0. The molecule has 0 aliphatic carbocycles. The van der Waals surface area contributed by atoms with Gasteiger partial charge in [0.05, 0.1) is 36.4 Å². The van der Waals surface area contributed by atoms with Gasteiger partial charge < -0.3 is 29.1 Å². The van der Waals surface area contributed by atoms with E-state index in [4.69, 9.17) is 25.5 Å². The van der Waals surface area contributed by atoms with E-state index in [2.05, 4.69) is 9.97 Å². The third-order valence-electron chi connectivity index (χ3n) is 6.90. The number of fused-ring (bicyclic) bond motifs is 2. The Hall–Kier alpha value is -4.96. The van der Waals surface area contributed by atoms with Crippen LogP contribution in [0.2, 0.25) is 5.02 Å². The molecule has 1 aliphatic heterocycles. The number of carbonyl (C=O) groups excluding carboxylic acids is 2. The van der Waals surface area contributed by atoms with E-state index in [0.29, 0.717) is 32.8 Å². The molecule has 2 aromatic heterocycles. The molecule has 208 valence electrons. The Bertz CT molecular complexity index is 1910. The van der Waals surface area contributed by atoms with Crippen LogP contribution in [0.5, 0.6) is 17.2 Å². The molecule has 3 heterocycles. The second-order valence-electron chi connectivity index (χ2n) is 9.55. The lowest BCUT2D eigenvalue weighted by atomic mass is 9.94. The fourth-order valence-electron chi connectivity index (χ4n) is 5.05. The number of nitrogens with zero attached hydrogens (tertiary/aromatic N) is 2. The zero-order valence-electron chi connectivity index (χ0n) is 22.2. The Kier molecular flexibility index (Phi) is 6.34. The van der Waals surface area contributed by atoms with Crippen molar-refractivity contribution < 1.29 is 33.7 Å². The number of nitrogens with one attached hydrogen (secondary N) is 1. The van der Waals surface area contributed by atoms with Crippen molar-refractivity contribution in [2.24, 2.45) is 0 Å². The molecule has 1 aliphatic rings. The number of rotatable bonds is 7. The third-order valence-corrected chi connectivity index (χ3v) is 7.11. The number of hydrogen-bond donors (Lipinski definition) is 3. The van der Waals surface area contributed by atoms with Crippen molar-refractivity contribution in [1.82, 2.24) is 9.97 Å². The Morgan fingerprint density at radius 1 is 1.12 bits per heavy atom. The number of carbonyl (C=O) groups is 2.